The molecular formula is C14H16N2O. The number of aliphatic hydroxyl groups is 1. The van der Waals surface area contributed by atoms with E-state index in [0.717, 1.165) is 17.8 Å². The molecule has 1 aromatic heterocycles. The largest absolute Gasteiger partial charge is 0.392 e. The quantitative estimate of drug-likeness (QED) is 0.875. The summed E-state index contributed by atoms with van der Waals surface area (Å²) >= 11 is 0. The first-order valence-electron chi connectivity index (χ1n) is 5.66. The van der Waals surface area contributed by atoms with Crippen molar-refractivity contribution in [3.8, 4) is 0 Å². The highest BCUT2D eigenvalue weighted by molar-refractivity contribution is 5.31. The first kappa shape index (κ1) is 11.7. The molecule has 0 spiro atoms. The van der Waals surface area contributed by atoms with Crippen molar-refractivity contribution in [1.82, 2.24) is 9.97 Å². The maximum absolute atomic E-state index is 8.91. The third-order valence-corrected chi connectivity index (χ3v) is 2.87. The van der Waals surface area contributed by atoms with Gasteiger partial charge in [0.15, 0.2) is 0 Å². The Morgan fingerprint density at radius 3 is 2.29 bits per heavy atom. The van der Waals surface area contributed by atoms with Gasteiger partial charge in [-0.2, -0.15) is 0 Å². The van der Waals surface area contributed by atoms with Gasteiger partial charge in [0.1, 0.15) is 5.82 Å². The molecule has 0 bridgehead atoms. The van der Waals surface area contributed by atoms with Crippen LogP contribution in [-0.4, -0.2) is 15.1 Å². The molecule has 0 saturated heterocycles. The smallest absolute Gasteiger partial charge is 0.132 e. The first-order chi connectivity index (χ1) is 8.19. The van der Waals surface area contributed by atoms with E-state index in [1.54, 1.807) is 12.4 Å². The van der Waals surface area contributed by atoms with Crippen LogP contribution < -0.4 is 0 Å². The van der Waals surface area contributed by atoms with Gasteiger partial charge in [0, 0.05) is 24.4 Å². The fraction of sp³-hybridized carbons (Fsp3) is 0.286. The molecule has 2 aromatic rings. The van der Waals surface area contributed by atoms with Crippen LogP contribution in [0.2, 0.25) is 0 Å². The van der Waals surface area contributed by atoms with Crippen LogP contribution in [0.3, 0.4) is 0 Å². The Hall–Kier alpha value is -1.74. The summed E-state index contributed by atoms with van der Waals surface area (Å²) in [6.45, 7) is 4.20. The molecule has 17 heavy (non-hydrogen) atoms. The van der Waals surface area contributed by atoms with Gasteiger partial charge in [0.2, 0.25) is 0 Å². The van der Waals surface area contributed by atoms with Crippen molar-refractivity contribution in [2.75, 3.05) is 0 Å². The summed E-state index contributed by atoms with van der Waals surface area (Å²) in [4.78, 5) is 8.45. The van der Waals surface area contributed by atoms with Gasteiger partial charge in [-0.1, -0.05) is 18.2 Å². The van der Waals surface area contributed by atoms with Crippen molar-refractivity contribution in [3.63, 3.8) is 0 Å². The highest BCUT2D eigenvalue weighted by Crippen LogP contribution is 2.12. The molecule has 1 N–H and O–H groups in total. The van der Waals surface area contributed by atoms with Crippen LogP contribution in [0.5, 0.6) is 0 Å². The van der Waals surface area contributed by atoms with Crippen LogP contribution in [-0.2, 0) is 13.0 Å². The minimum Gasteiger partial charge on any atom is -0.392 e. The zero-order chi connectivity index (χ0) is 12.3. The standard InChI is InChI=1S/C14H16N2O/c1-10-3-4-12(5-11(10)2)6-14-15-7-13(9-17)8-16-14/h3-5,7-8,17H,6,9H2,1-2H3. The molecule has 0 aliphatic carbocycles. The summed E-state index contributed by atoms with van der Waals surface area (Å²) in [5, 5.41) is 8.91. The van der Waals surface area contributed by atoms with Crippen molar-refractivity contribution in [3.05, 3.63) is 58.7 Å². The van der Waals surface area contributed by atoms with Crippen molar-refractivity contribution in [2.45, 2.75) is 26.9 Å². The zero-order valence-electron chi connectivity index (χ0n) is 10.1. The normalized spacial score (nSPS) is 10.5. The van der Waals surface area contributed by atoms with Crippen molar-refractivity contribution in [2.24, 2.45) is 0 Å². The molecule has 2 rings (SSSR count). The summed E-state index contributed by atoms with van der Waals surface area (Å²) in [6.07, 6.45) is 4.07. The van der Waals surface area contributed by atoms with Crippen molar-refractivity contribution >= 4 is 0 Å². The van der Waals surface area contributed by atoms with Crippen LogP contribution in [0.1, 0.15) is 28.1 Å². The summed E-state index contributed by atoms with van der Waals surface area (Å²) in [6, 6.07) is 6.39. The number of benzene rings is 1. The number of rotatable bonds is 3. The van der Waals surface area contributed by atoms with E-state index >= 15 is 0 Å². The number of nitrogens with zero attached hydrogens (tertiary/aromatic N) is 2. The number of aryl methyl sites for hydroxylation is 2. The van der Waals surface area contributed by atoms with Crippen molar-refractivity contribution < 1.29 is 5.11 Å². The fourth-order valence-corrected chi connectivity index (χ4v) is 1.65. The monoisotopic (exact) mass is 228 g/mol. The number of hydrogen-bond acceptors (Lipinski definition) is 3. The highest BCUT2D eigenvalue weighted by atomic mass is 16.3. The van der Waals surface area contributed by atoms with E-state index in [1.165, 1.54) is 16.7 Å². The molecule has 3 heteroatoms. The molecule has 0 aliphatic heterocycles. The number of aliphatic hydroxyl groups excluding tert-OH is 1. The van der Waals surface area contributed by atoms with Gasteiger partial charge in [-0.05, 0) is 30.5 Å². The van der Waals surface area contributed by atoms with E-state index in [0.29, 0.717) is 0 Å². The van der Waals surface area contributed by atoms with E-state index in [-0.39, 0.29) is 6.61 Å². The summed E-state index contributed by atoms with van der Waals surface area (Å²) in [5.41, 5.74) is 4.54. The van der Waals surface area contributed by atoms with E-state index in [2.05, 4.69) is 42.0 Å². The summed E-state index contributed by atoms with van der Waals surface area (Å²) in [5.74, 6) is 0.783. The minimum atomic E-state index is -0.0100. The van der Waals surface area contributed by atoms with Gasteiger partial charge in [-0.25, -0.2) is 9.97 Å². The maximum Gasteiger partial charge on any atom is 0.132 e. The minimum absolute atomic E-state index is 0.0100. The average molecular weight is 228 g/mol. The van der Waals surface area contributed by atoms with Gasteiger partial charge in [0.05, 0.1) is 6.61 Å². The molecule has 0 atom stereocenters. The third kappa shape index (κ3) is 2.88. The molecule has 0 amide bonds. The second kappa shape index (κ2) is 5.06. The van der Waals surface area contributed by atoms with Gasteiger partial charge < -0.3 is 5.11 Å². The van der Waals surface area contributed by atoms with E-state index < -0.39 is 0 Å². The van der Waals surface area contributed by atoms with Crippen molar-refractivity contribution in [1.29, 1.82) is 0 Å². The molecule has 88 valence electrons. The second-order valence-corrected chi connectivity index (χ2v) is 4.26. The Balaban J connectivity index is 2.16. The van der Waals surface area contributed by atoms with Gasteiger partial charge in [-0.15, -0.1) is 0 Å². The van der Waals surface area contributed by atoms with E-state index in [9.17, 15) is 0 Å². The average Bonchev–Trinajstić information content (AvgIpc) is 2.35. The molecular weight excluding hydrogens is 212 g/mol. The van der Waals surface area contributed by atoms with Crippen LogP contribution >= 0.6 is 0 Å². The Kier molecular flexibility index (Phi) is 3.49. The molecule has 0 fully saturated rings. The van der Waals surface area contributed by atoms with Gasteiger partial charge in [0.25, 0.3) is 0 Å². The fourth-order valence-electron chi connectivity index (χ4n) is 1.65. The Bertz CT molecular complexity index is 506. The van der Waals surface area contributed by atoms with E-state index in [4.69, 9.17) is 5.11 Å². The number of aromatic nitrogens is 2. The summed E-state index contributed by atoms with van der Waals surface area (Å²) < 4.78 is 0. The maximum atomic E-state index is 8.91. The number of hydrogen-bond donors (Lipinski definition) is 1. The van der Waals surface area contributed by atoms with Crippen LogP contribution in [0.25, 0.3) is 0 Å². The Morgan fingerprint density at radius 1 is 1.00 bits per heavy atom. The highest BCUT2D eigenvalue weighted by Gasteiger charge is 2.01. The Labute approximate surface area is 101 Å². The zero-order valence-corrected chi connectivity index (χ0v) is 10.1. The molecule has 0 radical (unpaired) electrons. The topological polar surface area (TPSA) is 46.0 Å². The lowest BCUT2D eigenvalue weighted by molar-refractivity contribution is 0.280. The predicted molar refractivity (Wildman–Crippen MR) is 66.7 cm³/mol. The molecule has 0 saturated carbocycles. The molecule has 1 heterocycles. The lowest BCUT2D eigenvalue weighted by Gasteiger charge is -2.05. The SMILES string of the molecule is Cc1ccc(Cc2ncc(CO)cn2)cc1C. The molecule has 1 aromatic carbocycles. The lowest BCUT2D eigenvalue weighted by Crippen LogP contribution is -1.98. The summed E-state index contributed by atoms with van der Waals surface area (Å²) in [7, 11) is 0. The predicted octanol–water partition coefficient (Wildman–Crippen LogP) is 2.18. The third-order valence-electron chi connectivity index (χ3n) is 2.87. The van der Waals surface area contributed by atoms with Crippen LogP contribution in [0.15, 0.2) is 30.6 Å². The van der Waals surface area contributed by atoms with Crippen LogP contribution in [0, 0.1) is 13.8 Å². The van der Waals surface area contributed by atoms with Gasteiger partial charge in [-0.3, -0.25) is 0 Å². The van der Waals surface area contributed by atoms with E-state index in [1.807, 2.05) is 0 Å². The molecule has 3 nitrogen and oxygen atoms in total. The second-order valence-electron chi connectivity index (χ2n) is 4.26. The molecule has 0 aliphatic rings. The first-order valence-corrected chi connectivity index (χ1v) is 5.66. The molecule has 0 unspecified atom stereocenters. The Morgan fingerprint density at radius 2 is 1.71 bits per heavy atom. The lowest BCUT2D eigenvalue weighted by atomic mass is 10.0. The van der Waals surface area contributed by atoms with Gasteiger partial charge >= 0.3 is 0 Å². The van der Waals surface area contributed by atoms with Crippen LogP contribution in [0.4, 0.5) is 0 Å².